The lowest BCUT2D eigenvalue weighted by atomic mass is 10.2. The van der Waals surface area contributed by atoms with Crippen LogP contribution in [0.1, 0.15) is 10.4 Å². The molecule has 0 atom stereocenters. The third-order valence-electron chi connectivity index (χ3n) is 3.75. The third kappa shape index (κ3) is 3.33. The van der Waals surface area contributed by atoms with Gasteiger partial charge in [-0.15, -0.1) is 34.4 Å². The van der Waals surface area contributed by atoms with E-state index in [1.165, 1.54) is 11.3 Å². The van der Waals surface area contributed by atoms with Crippen LogP contribution >= 0.6 is 34.4 Å². The van der Waals surface area contributed by atoms with E-state index in [2.05, 4.69) is 11.4 Å². The van der Waals surface area contributed by atoms with Gasteiger partial charge in [0.05, 0.1) is 10.2 Å². The highest BCUT2D eigenvalue weighted by Gasteiger charge is 2.15. The number of amides is 1. The molecule has 2 heterocycles. The van der Waals surface area contributed by atoms with Crippen LogP contribution in [-0.2, 0) is 0 Å². The van der Waals surface area contributed by atoms with E-state index in [1.807, 2.05) is 60.2 Å². The molecule has 0 unspecified atom stereocenters. The molecule has 0 radical (unpaired) electrons. The first-order valence-electron chi connectivity index (χ1n) is 7.63. The molecule has 0 aliphatic heterocycles. The van der Waals surface area contributed by atoms with Gasteiger partial charge in [-0.1, -0.05) is 18.2 Å². The number of aromatic nitrogens is 1. The molecular weight excluding hydrogens is 368 g/mol. The van der Waals surface area contributed by atoms with Gasteiger partial charge in [0.15, 0.2) is 0 Å². The number of thiazole rings is 1. The Morgan fingerprint density at radius 3 is 2.84 bits per heavy atom. The van der Waals surface area contributed by atoms with Gasteiger partial charge in [0, 0.05) is 16.0 Å². The summed E-state index contributed by atoms with van der Waals surface area (Å²) in [6, 6.07) is 17.7. The van der Waals surface area contributed by atoms with Gasteiger partial charge >= 0.3 is 0 Å². The van der Waals surface area contributed by atoms with Crippen LogP contribution in [0.3, 0.4) is 0 Å². The number of hydrogen-bond donors (Lipinski definition) is 1. The van der Waals surface area contributed by atoms with E-state index in [-0.39, 0.29) is 5.91 Å². The second-order valence-electron chi connectivity index (χ2n) is 5.34. The van der Waals surface area contributed by atoms with Crippen molar-refractivity contribution in [3.05, 3.63) is 65.5 Å². The molecule has 2 aromatic heterocycles. The Kier molecular flexibility index (Phi) is 4.57. The highest BCUT2D eigenvalue weighted by atomic mass is 32.2. The SMILES string of the molecule is CSc1cccc(C(=O)Nc2sccc2-c2nc3ccccc3s2)c1. The summed E-state index contributed by atoms with van der Waals surface area (Å²) in [6.45, 7) is 0. The van der Waals surface area contributed by atoms with Crippen LogP contribution in [-0.4, -0.2) is 17.1 Å². The first-order chi connectivity index (χ1) is 12.2. The van der Waals surface area contributed by atoms with Crippen molar-refractivity contribution >= 4 is 55.6 Å². The molecule has 0 spiro atoms. The summed E-state index contributed by atoms with van der Waals surface area (Å²) in [5.74, 6) is -0.0966. The number of nitrogens with zero attached hydrogens (tertiary/aromatic N) is 1. The van der Waals surface area contributed by atoms with E-state index < -0.39 is 0 Å². The fourth-order valence-corrected chi connectivity index (χ4v) is 4.81. The van der Waals surface area contributed by atoms with Gasteiger partial charge in [0.2, 0.25) is 0 Å². The predicted molar refractivity (Wildman–Crippen MR) is 109 cm³/mol. The first kappa shape index (κ1) is 16.3. The van der Waals surface area contributed by atoms with E-state index in [4.69, 9.17) is 4.98 Å². The van der Waals surface area contributed by atoms with Crippen molar-refractivity contribution in [2.24, 2.45) is 0 Å². The standard InChI is InChI=1S/C19H14N2OS3/c1-23-13-6-4-5-12(11-13)17(22)21-18-14(9-10-24-18)19-20-15-7-2-3-8-16(15)25-19/h2-11H,1H3,(H,21,22). The van der Waals surface area contributed by atoms with Crippen molar-refractivity contribution in [2.75, 3.05) is 11.6 Å². The van der Waals surface area contributed by atoms with Crippen molar-refractivity contribution in [3.8, 4) is 10.6 Å². The number of thiophene rings is 1. The molecule has 3 nitrogen and oxygen atoms in total. The number of thioether (sulfide) groups is 1. The number of rotatable bonds is 4. The molecule has 25 heavy (non-hydrogen) atoms. The number of benzene rings is 2. The summed E-state index contributed by atoms with van der Waals surface area (Å²) in [4.78, 5) is 18.4. The molecule has 124 valence electrons. The summed E-state index contributed by atoms with van der Waals surface area (Å²) in [5.41, 5.74) is 2.62. The van der Waals surface area contributed by atoms with Crippen LogP contribution in [0.2, 0.25) is 0 Å². The van der Waals surface area contributed by atoms with E-state index in [0.717, 1.165) is 30.7 Å². The predicted octanol–water partition coefficient (Wildman–Crippen LogP) is 6.00. The van der Waals surface area contributed by atoms with Gasteiger partial charge in [-0.05, 0) is 48.0 Å². The minimum atomic E-state index is -0.0966. The van der Waals surface area contributed by atoms with E-state index in [0.29, 0.717) is 5.56 Å². The topological polar surface area (TPSA) is 42.0 Å². The number of carbonyl (C=O) groups excluding carboxylic acids is 1. The lowest BCUT2D eigenvalue weighted by Crippen LogP contribution is -2.11. The second kappa shape index (κ2) is 7.00. The molecule has 2 aromatic carbocycles. The minimum absolute atomic E-state index is 0.0966. The van der Waals surface area contributed by atoms with Crippen molar-refractivity contribution in [3.63, 3.8) is 0 Å². The number of nitrogens with one attached hydrogen (secondary N) is 1. The number of para-hydroxylation sites is 1. The maximum atomic E-state index is 12.6. The number of fused-ring (bicyclic) bond motifs is 1. The van der Waals surface area contributed by atoms with Crippen molar-refractivity contribution in [1.29, 1.82) is 0 Å². The van der Waals surface area contributed by atoms with Crippen LogP contribution in [0.25, 0.3) is 20.8 Å². The third-order valence-corrected chi connectivity index (χ3v) is 6.37. The largest absolute Gasteiger partial charge is 0.313 e. The second-order valence-corrected chi connectivity index (χ2v) is 8.16. The quantitative estimate of drug-likeness (QED) is 0.440. The summed E-state index contributed by atoms with van der Waals surface area (Å²) in [7, 11) is 0. The molecule has 1 amide bonds. The molecule has 4 rings (SSSR count). The number of carbonyl (C=O) groups is 1. The Labute approximate surface area is 157 Å². The molecular formula is C19H14N2OS3. The normalized spacial score (nSPS) is 10.9. The first-order valence-corrected chi connectivity index (χ1v) is 10.6. The van der Waals surface area contributed by atoms with E-state index in [9.17, 15) is 4.79 Å². The Hall–Kier alpha value is -2.15. The van der Waals surface area contributed by atoms with E-state index >= 15 is 0 Å². The average molecular weight is 383 g/mol. The monoisotopic (exact) mass is 382 g/mol. The molecule has 6 heteroatoms. The Balaban J connectivity index is 1.64. The summed E-state index contributed by atoms with van der Waals surface area (Å²) < 4.78 is 1.15. The summed E-state index contributed by atoms with van der Waals surface area (Å²) >= 11 is 4.78. The summed E-state index contributed by atoms with van der Waals surface area (Å²) in [6.07, 6.45) is 2.00. The molecule has 0 saturated heterocycles. The Morgan fingerprint density at radius 2 is 2.00 bits per heavy atom. The van der Waals surface area contributed by atoms with Gasteiger partial charge < -0.3 is 5.32 Å². The highest BCUT2D eigenvalue weighted by molar-refractivity contribution is 7.98. The molecule has 0 saturated carbocycles. The van der Waals surface area contributed by atoms with Gasteiger partial charge in [-0.25, -0.2) is 4.98 Å². The van der Waals surface area contributed by atoms with Gasteiger partial charge in [-0.2, -0.15) is 0 Å². The van der Waals surface area contributed by atoms with Gasteiger partial charge in [0.25, 0.3) is 5.91 Å². The van der Waals surface area contributed by atoms with Crippen molar-refractivity contribution < 1.29 is 4.79 Å². The number of anilines is 1. The zero-order valence-electron chi connectivity index (χ0n) is 13.4. The lowest BCUT2D eigenvalue weighted by Gasteiger charge is -2.06. The lowest BCUT2D eigenvalue weighted by molar-refractivity contribution is 0.102. The van der Waals surface area contributed by atoms with Crippen LogP contribution in [0, 0.1) is 0 Å². The molecule has 0 aliphatic carbocycles. The van der Waals surface area contributed by atoms with Crippen molar-refractivity contribution in [2.45, 2.75) is 4.90 Å². The maximum absolute atomic E-state index is 12.6. The van der Waals surface area contributed by atoms with Gasteiger partial charge in [0.1, 0.15) is 10.0 Å². The van der Waals surface area contributed by atoms with Crippen LogP contribution in [0.4, 0.5) is 5.00 Å². The molecule has 0 bridgehead atoms. The smallest absolute Gasteiger partial charge is 0.256 e. The minimum Gasteiger partial charge on any atom is -0.313 e. The molecule has 0 aliphatic rings. The highest BCUT2D eigenvalue weighted by Crippen LogP contribution is 2.37. The van der Waals surface area contributed by atoms with Crippen LogP contribution in [0.5, 0.6) is 0 Å². The Morgan fingerprint density at radius 1 is 1.12 bits per heavy atom. The fraction of sp³-hybridized carbons (Fsp3) is 0.0526. The zero-order valence-corrected chi connectivity index (χ0v) is 15.8. The average Bonchev–Trinajstić information content (AvgIpc) is 3.27. The number of hydrogen-bond acceptors (Lipinski definition) is 5. The molecule has 4 aromatic rings. The molecule has 0 fully saturated rings. The van der Waals surface area contributed by atoms with Crippen LogP contribution < -0.4 is 5.32 Å². The maximum Gasteiger partial charge on any atom is 0.256 e. The van der Waals surface area contributed by atoms with Gasteiger partial charge in [-0.3, -0.25) is 4.79 Å². The van der Waals surface area contributed by atoms with E-state index in [1.54, 1.807) is 23.1 Å². The fourth-order valence-electron chi connectivity index (χ4n) is 2.50. The molecule has 1 N–H and O–H groups in total. The van der Waals surface area contributed by atoms with Crippen molar-refractivity contribution in [1.82, 2.24) is 4.98 Å². The Bertz CT molecular complexity index is 1020. The van der Waals surface area contributed by atoms with Crippen LogP contribution in [0.15, 0.2) is 64.9 Å². The summed E-state index contributed by atoms with van der Waals surface area (Å²) in [5, 5.41) is 6.78. The zero-order chi connectivity index (χ0) is 17.2.